The Labute approximate surface area is 102 Å². The first-order valence-electron chi connectivity index (χ1n) is 6.23. The quantitative estimate of drug-likeness (QED) is 0.734. The summed E-state index contributed by atoms with van der Waals surface area (Å²) in [5, 5.41) is 0. The molecule has 3 rings (SSSR count). The highest BCUT2D eigenvalue weighted by Gasteiger charge is 2.23. The van der Waals surface area contributed by atoms with E-state index in [1.165, 1.54) is 11.3 Å². The van der Waals surface area contributed by atoms with Crippen LogP contribution in [-0.4, -0.2) is 44.7 Å². The number of likely N-dealkylation sites (N-methyl/N-ethyl adjacent to an activating group) is 1. The van der Waals surface area contributed by atoms with Crippen LogP contribution < -0.4 is 15.4 Å². The highest BCUT2D eigenvalue weighted by atomic mass is 16.5. The molecule has 4 nitrogen and oxygen atoms in total. The zero-order valence-corrected chi connectivity index (χ0v) is 10.3. The number of nitrogens with two attached hydrogens (primary N) is 1. The molecule has 2 heterocycles. The summed E-state index contributed by atoms with van der Waals surface area (Å²) in [5.41, 5.74) is 9.33. The first-order valence-corrected chi connectivity index (χ1v) is 6.23. The number of benzene rings is 1. The fourth-order valence-electron chi connectivity index (χ4n) is 2.65. The number of fused-ring (bicyclic) bond motifs is 1. The molecule has 0 radical (unpaired) electrons. The van der Waals surface area contributed by atoms with Gasteiger partial charge in [-0.25, -0.2) is 0 Å². The molecule has 2 aliphatic heterocycles. The average Bonchev–Trinajstić information content (AvgIpc) is 2.81. The molecule has 1 aromatic rings. The van der Waals surface area contributed by atoms with Gasteiger partial charge in [0.1, 0.15) is 5.75 Å². The molecule has 0 unspecified atom stereocenters. The van der Waals surface area contributed by atoms with Crippen molar-refractivity contribution in [1.82, 2.24) is 4.90 Å². The van der Waals surface area contributed by atoms with Crippen LogP contribution in [0.5, 0.6) is 5.75 Å². The van der Waals surface area contributed by atoms with E-state index in [1.54, 1.807) is 0 Å². The highest BCUT2D eigenvalue weighted by Crippen LogP contribution is 2.38. The van der Waals surface area contributed by atoms with E-state index in [2.05, 4.69) is 22.9 Å². The van der Waals surface area contributed by atoms with E-state index >= 15 is 0 Å². The van der Waals surface area contributed by atoms with Crippen molar-refractivity contribution in [3.63, 3.8) is 0 Å². The molecule has 0 amide bonds. The zero-order valence-electron chi connectivity index (χ0n) is 10.3. The molecule has 2 aliphatic rings. The van der Waals surface area contributed by atoms with Crippen molar-refractivity contribution in [3.05, 3.63) is 17.7 Å². The van der Waals surface area contributed by atoms with Gasteiger partial charge in [0, 0.05) is 43.9 Å². The molecular formula is C13H19N3O. The van der Waals surface area contributed by atoms with E-state index in [0.717, 1.165) is 50.6 Å². The highest BCUT2D eigenvalue weighted by molar-refractivity contribution is 5.70. The van der Waals surface area contributed by atoms with Gasteiger partial charge < -0.3 is 20.3 Å². The van der Waals surface area contributed by atoms with Gasteiger partial charge in [0.15, 0.2) is 0 Å². The van der Waals surface area contributed by atoms with Crippen LogP contribution in [0, 0.1) is 0 Å². The lowest BCUT2D eigenvalue weighted by atomic mass is 10.1. The van der Waals surface area contributed by atoms with Crippen LogP contribution in [-0.2, 0) is 6.42 Å². The van der Waals surface area contributed by atoms with Gasteiger partial charge in [0.05, 0.1) is 12.3 Å². The first kappa shape index (κ1) is 10.7. The lowest BCUT2D eigenvalue weighted by Crippen LogP contribution is -2.44. The summed E-state index contributed by atoms with van der Waals surface area (Å²) in [6.07, 6.45) is 0.988. The van der Waals surface area contributed by atoms with Crippen LogP contribution in [0.1, 0.15) is 5.56 Å². The number of nitrogen functional groups attached to an aromatic ring is 1. The Balaban J connectivity index is 1.91. The minimum absolute atomic E-state index is 0.768. The minimum atomic E-state index is 0.768. The maximum absolute atomic E-state index is 5.94. The fourth-order valence-corrected chi connectivity index (χ4v) is 2.65. The molecule has 0 bridgehead atoms. The van der Waals surface area contributed by atoms with Crippen molar-refractivity contribution >= 4 is 11.4 Å². The summed E-state index contributed by atoms with van der Waals surface area (Å²) in [7, 11) is 2.17. The SMILES string of the molecule is CN1CCN(c2ccc(N)c3c2CCO3)CC1. The third kappa shape index (κ3) is 1.82. The smallest absolute Gasteiger partial charge is 0.147 e. The predicted molar refractivity (Wildman–Crippen MR) is 69.8 cm³/mol. The lowest BCUT2D eigenvalue weighted by Gasteiger charge is -2.35. The summed E-state index contributed by atoms with van der Waals surface area (Å²) >= 11 is 0. The molecular weight excluding hydrogens is 214 g/mol. The Kier molecular flexibility index (Phi) is 2.59. The minimum Gasteiger partial charge on any atom is -0.491 e. The van der Waals surface area contributed by atoms with Gasteiger partial charge in [0.25, 0.3) is 0 Å². The largest absolute Gasteiger partial charge is 0.491 e. The molecule has 0 aromatic heterocycles. The molecule has 0 atom stereocenters. The molecule has 17 heavy (non-hydrogen) atoms. The molecule has 0 spiro atoms. The monoisotopic (exact) mass is 233 g/mol. The third-order valence-electron chi connectivity index (χ3n) is 3.71. The van der Waals surface area contributed by atoms with Crippen molar-refractivity contribution in [2.24, 2.45) is 0 Å². The Hall–Kier alpha value is -1.42. The van der Waals surface area contributed by atoms with E-state index < -0.39 is 0 Å². The van der Waals surface area contributed by atoms with Crippen LogP contribution in [0.3, 0.4) is 0 Å². The van der Waals surface area contributed by atoms with Crippen LogP contribution >= 0.6 is 0 Å². The van der Waals surface area contributed by atoms with Crippen molar-refractivity contribution in [3.8, 4) is 5.75 Å². The van der Waals surface area contributed by atoms with Crippen molar-refractivity contribution in [2.75, 3.05) is 50.5 Å². The number of ether oxygens (including phenoxy) is 1. The van der Waals surface area contributed by atoms with E-state index in [-0.39, 0.29) is 0 Å². The van der Waals surface area contributed by atoms with Gasteiger partial charge in [-0.2, -0.15) is 0 Å². The topological polar surface area (TPSA) is 41.7 Å². The second-order valence-electron chi connectivity index (χ2n) is 4.87. The second kappa shape index (κ2) is 4.11. The zero-order chi connectivity index (χ0) is 11.8. The van der Waals surface area contributed by atoms with Crippen molar-refractivity contribution in [2.45, 2.75) is 6.42 Å². The molecule has 1 saturated heterocycles. The van der Waals surface area contributed by atoms with E-state index in [9.17, 15) is 0 Å². The van der Waals surface area contributed by atoms with Gasteiger partial charge in [-0.1, -0.05) is 0 Å². The number of nitrogens with zero attached hydrogens (tertiary/aromatic N) is 2. The van der Waals surface area contributed by atoms with Crippen molar-refractivity contribution in [1.29, 1.82) is 0 Å². The number of hydrogen-bond donors (Lipinski definition) is 1. The van der Waals surface area contributed by atoms with Gasteiger partial charge in [-0.3, -0.25) is 0 Å². The molecule has 1 fully saturated rings. The Bertz CT molecular complexity index is 425. The van der Waals surface area contributed by atoms with Crippen LogP contribution in [0.4, 0.5) is 11.4 Å². The second-order valence-corrected chi connectivity index (χ2v) is 4.87. The number of hydrogen-bond acceptors (Lipinski definition) is 4. The summed E-state index contributed by atoms with van der Waals surface area (Å²) in [5.74, 6) is 0.918. The molecule has 2 N–H and O–H groups in total. The summed E-state index contributed by atoms with van der Waals surface area (Å²) < 4.78 is 5.62. The van der Waals surface area contributed by atoms with Crippen LogP contribution in [0.25, 0.3) is 0 Å². The molecule has 4 heteroatoms. The number of piperazine rings is 1. The van der Waals surface area contributed by atoms with Gasteiger partial charge >= 0.3 is 0 Å². The fraction of sp³-hybridized carbons (Fsp3) is 0.538. The van der Waals surface area contributed by atoms with Gasteiger partial charge in [0.2, 0.25) is 0 Å². The predicted octanol–water partition coefficient (Wildman–Crippen LogP) is 0.956. The number of rotatable bonds is 1. The molecule has 92 valence electrons. The van der Waals surface area contributed by atoms with Crippen molar-refractivity contribution < 1.29 is 4.74 Å². The molecule has 0 aliphatic carbocycles. The van der Waals surface area contributed by atoms with Gasteiger partial charge in [-0.15, -0.1) is 0 Å². The maximum Gasteiger partial charge on any atom is 0.147 e. The van der Waals surface area contributed by atoms with Crippen LogP contribution in [0.2, 0.25) is 0 Å². The van der Waals surface area contributed by atoms with E-state index in [1.807, 2.05) is 6.07 Å². The van der Waals surface area contributed by atoms with Crippen LogP contribution in [0.15, 0.2) is 12.1 Å². The average molecular weight is 233 g/mol. The normalized spacial score (nSPS) is 20.2. The van der Waals surface area contributed by atoms with Gasteiger partial charge in [-0.05, 0) is 19.2 Å². The number of anilines is 2. The Morgan fingerprint density at radius 2 is 1.94 bits per heavy atom. The lowest BCUT2D eigenvalue weighted by molar-refractivity contribution is 0.312. The summed E-state index contributed by atoms with van der Waals surface area (Å²) in [4.78, 5) is 4.82. The Morgan fingerprint density at radius 1 is 1.18 bits per heavy atom. The maximum atomic E-state index is 5.94. The molecule has 0 saturated carbocycles. The van der Waals surface area contributed by atoms with E-state index in [0.29, 0.717) is 0 Å². The summed E-state index contributed by atoms with van der Waals surface area (Å²) in [6, 6.07) is 4.12. The van der Waals surface area contributed by atoms with E-state index in [4.69, 9.17) is 10.5 Å². The molecule has 1 aromatic carbocycles. The Morgan fingerprint density at radius 3 is 2.71 bits per heavy atom. The third-order valence-corrected chi connectivity index (χ3v) is 3.71. The first-order chi connectivity index (χ1) is 8.25. The standard InChI is InChI=1S/C13H19N3O/c1-15-5-7-16(8-6-15)12-3-2-11(14)13-10(12)4-9-17-13/h2-3H,4-9,14H2,1H3. The summed E-state index contributed by atoms with van der Waals surface area (Å²) in [6.45, 7) is 5.20.